The summed E-state index contributed by atoms with van der Waals surface area (Å²) < 4.78 is 12.0. The molecule has 1 spiro atoms. The first-order chi connectivity index (χ1) is 13.2. The number of rotatable bonds is 2. The Balaban J connectivity index is 1.56. The minimum absolute atomic E-state index is 0.166. The molecule has 1 saturated heterocycles. The number of benzene rings is 2. The van der Waals surface area contributed by atoms with Gasteiger partial charge in [-0.05, 0) is 31.3 Å². The highest BCUT2D eigenvalue weighted by Crippen LogP contribution is 2.48. The van der Waals surface area contributed by atoms with Gasteiger partial charge in [0.2, 0.25) is 0 Å². The van der Waals surface area contributed by atoms with Crippen molar-refractivity contribution in [1.29, 1.82) is 0 Å². The van der Waals surface area contributed by atoms with Gasteiger partial charge in [0.1, 0.15) is 11.5 Å². The molecule has 3 aliphatic heterocycles. The molecule has 3 heterocycles. The average molecular weight is 363 g/mol. The summed E-state index contributed by atoms with van der Waals surface area (Å²) in [6, 6.07) is 16.8. The minimum atomic E-state index is -0.317. The fourth-order valence-electron chi connectivity index (χ4n) is 4.39. The molecule has 5 heteroatoms. The zero-order chi connectivity index (χ0) is 18.4. The number of likely N-dealkylation sites (tertiary alicyclic amines) is 1. The highest BCUT2D eigenvalue weighted by Gasteiger charge is 2.51. The number of methoxy groups -OCH3 is 1. The van der Waals surface area contributed by atoms with E-state index in [2.05, 4.69) is 64.9 Å². The van der Waals surface area contributed by atoms with Gasteiger partial charge in [0.15, 0.2) is 5.72 Å². The molecule has 27 heavy (non-hydrogen) atoms. The second-order valence-corrected chi connectivity index (χ2v) is 7.63. The number of hydrogen-bond acceptors (Lipinski definition) is 5. The van der Waals surface area contributed by atoms with E-state index in [1.807, 2.05) is 12.1 Å². The van der Waals surface area contributed by atoms with Crippen LogP contribution in [0.25, 0.3) is 5.70 Å². The number of para-hydroxylation sites is 1. The minimum Gasteiger partial charge on any atom is -0.497 e. The number of piperidine rings is 1. The molecule has 5 rings (SSSR count). The van der Waals surface area contributed by atoms with Gasteiger partial charge in [-0.3, -0.25) is 0 Å². The first kappa shape index (κ1) is 16.7. The zero-order valence-electron chi connectivity index (χ0n) is 15.8. The first-order valence-corrected chi connectivity index (χ1v) is 9.57. The zero-order valence-corrected chi connectivity index (χ0v) is 15.8. The number of fused-ring (bicyclic) bond motifs is 4. The van der Waals surface area contributed by atoms with E-state index in [1.165, 1.54) is 5.56 Å². The lowest BCUT2D eigenvalue weighted by molar-refractivity contribution is -0.157. The van der Waals surface area contributed by atoms with Crippen molar-refractivity contribution in [3.8, 4) is 11.5 Å². The van der Waals surface area contributed by atoms with Crippen LogP contribution in [-0.2, 0) is 0 Å². The van der Waals surface area contributed by atoms with E-state index in [1.54, 1.807) is 7.11 Å². The monoisotopic (exact) mass is 363 g/mol. The van der Waals surface area contributed by atoms with Gasteiger partial charge < -0.3 is 19.8 Å². The van der Waals surface area contributed by atoms with Crippen molar-refractivity contribution >= 4 is 5.70 Å². The molecule has 1 N–H and O–H groups in total. The van der Waals surface area contributed by atoms with Gasteiger partial charge in [-0.1, -0.05) is 30.3 Å². The maximum Gasteiger partial charge on any atom is 0.182 e. The third kappa shape index (κ3) is 2.69. The van der Waals surface area contributed by atoms with Crippen LogP contribution in [0.2, 0.25) is 0 Å². The van der Waals surface area contributed by atoms with Crippen molar-refractivity contribution in [1.82, 2.24) is 15.3 Å². The Kier molecular flexibility index (Phi) is 3.88. The second kappa shape index (κ2) is 6.29. The lowest BCUT2D eigenvalue weighted by atomic mass is 9.93. The Morgan fingerprint density at radius 2 is 1.93 bits per heavy atom. The van der Waals surface area contributed by atoms with E-state index in [-0.39, 0.29) is 11.8 Å². The molecular weight excluding hydrogens is 338 g/mol. The fraction of sp³-hybridized carbons (Fsp3) is 0.364. The lowest BCUT2D eigenvalue weighted by Gasteiger charge is -2.51. The third-order valence-corrected chi connectivity index (χ3v) is 5.97. The molecular formula is C22H25N3O2. The van der Waals surface area contributed by atoms with Crippen LogP contribution in [0.15, 0.2) is 54.6 Å². The number of nitrogens with zero attached hydrogens (tertiary/aromatic N) is 2. The van der Waals surface area contributed by atoms with Crippen LogP contribution in [0.1, 0.15) is 30.0 Å². The van der Waals surface area contributed by atoms with Crippen LogP contribution in [0, 0.1) is 0 Å². The van der Waals surface area contributed by atoms with Crippen molar-refractivity contribution in [2.75, 3.05) is 27.2 Å². The Labute approximate surface area is 160 Å². The van der Waals surface area contributed by atoms with E-state index in [9.17, 15) is 0 Å². The third-order valence-electron chi connectivity index (χ3n) is 5.97. The van der Waals surface area contributed by atoms with Gasteiger partial charge in [0.05, 0.1) is 18.8 Å². The molecule has 0 aliphatic carbocycles. The number of ether oxygens (including phenoxy) is 2. The summed E-state index contributed by atoms with van der Waals surface area (Å²) in [5.41, 5.74) is 6.81. The van der Waals surface area contributed by atoms with Crippen molar-refractivity contribution in [2.24, 2.45) is 0 Å². The summed E-state index contributed by atoms with van der Waals surface area (Å²) >= 11 is 0. The van der Waals surface area contributed by atoms with Gasteiger partial charge in [-0.25, -0.2) is 0 Å². The summed E-state index contributed by atoms with van der Waals surface area (Å²) in [4.78, 5) is 2.37. The lowest BCUT2D eigenvalue weighted by Crippen LogP contribution is -2.63. The SMILES string of the molecule is COc1cccc(C2=C[C@H]3c4ccccc4OC4(CCN(C)CC4)N3N2)c1. The number of nitrogens with one attached hydrogen (secondary N) is 1. The Morgan fingerprint density at radius 1 is 1.11 bits per heavy atom. The molecule has 1 fully saturated rings. The standard InChI is InChI=1S/C22H25N3O2/c1-24-12-10-22(11-13-24)25-20(18-8-3-4-9-21(18)27-22)15-19(23-25)16-6-5-7-17(14-16)26-2/h3-9,14-15,20,23H,10-13H2,1-2H3/t20-/m0/s1. The number of hydrogen-bond donors (Lipinski definition) is 1. The molecule has 140 valence electrons. The van der Waals surface area contributed by atoms with E-state index in [4.69, 9.17) is 9.47 Å². The summed E-state index contributed by atoms with van der Waals surface area (Å²) in [6.45, 7) is 2.06. The van der Waals surface area contributed by atoms with E-state index >= 15 is 0 Å². The highest BCUT2D eigenvalue weighted by atomic mass is 16.5. The van der Waals surface area contributed by atoms with Crippen molar-refractivity contribution in [3.05, 3.63) is 65.7 Å². The molecule has 0 aromatic heterocycles. The Hall–Kier alpha value is -2.50. The fourth-order valence-corrected chi connectivity index (χ4v) is 4.39. The van der Waals surface area contributed by atoms with E-state index < -0.39 is 0 Å². The molecule has 0 unspecified atom stereocenters. The van der Waals surface area contributed by atoms with Gasteiger partial charge in [0.25, 0.3) is 0 Å². The molecule has 3 aliphatic rings. The quantitative estimate of drug-likeness (QED) is 0.885. The molecule has 2 aromatic carbocycles. The van der Waals surface area contributed by atoms with E-state index in [0.29, 0.717) is 0 Å². The topological polar surface area (TPSA) is 37.0 Å². The van der Waals surface area contributed by atoms with E-state index in [0.717, 1.165) is 48.7 Å². The van der Waals surface area contributed by atoms with Crippen LogP contribution < -0.4 is 14.9 Å². The molecule has 0 bridgehead atoms. The molecule has 0 saturated carbocycles. The van der Waals surface area contributed by atoms with Gasteiger partial charge >= 0.3 is 0 Å². The first-order valence-electron chi connectivity index (χ1n) is 9.57. The number of hydrazine groups is 1. The smallest absolute Gasteiger partial charge is 0.182 e. The van der Waals surface area contributed by atoms with Crippen LogP contribution >= 0.6 is 0 Å². The average Bonchev–Trinajstić information content (AvgIpc) is 3.17. The van der Waals surface area contributed by atoms with Gasteiger partial charge in [-0.2, -0.15) is 5.01 Å². The normalized spacial score (nSPS) is 23.8. The van der Waals surface area contributed by atoms with Crippen molar-refractivity contribution in [3.63, 3.8) is 0 Å². The summed E-state index contributed by atoms with van der Waals surface area (Å²) in [5.74, 6) is 1.87. The van der Waals surface area contributed by atoms with Crippen LogP contribution in [-0.4, -0.2) is 42.9 Å². The Bertz CT molecular complexity index is 887. The van der Waals surface area contributed by atoms with Gasteiger partial charge in [0, 0.05) is 37.1 Å². The molecule has 0 radical (unpaired) electrons. The summed E-state index contributed by atoms with van der Waals surface area (Å²) in [5, 5.41) is 2.33. The predicted octanol–water partition coefficient (Wildman–Crippen LogP) is 3.41. The van der Waals surface area contributed by atoms with Crippen molar-refractivity contribution < 1.29 is 9.47 Å². The molecule has 1 atom stereocenters. The predicted molar refractivity (Wildman–Crippen MR) is 105 cm³/mol. The Morgan fingerprint density at radius 3 is 2.74 bits per heavy atom. The van der Waals surface area contributed by atoms with Crippen molar-refractivity contribution in [2.45, 2.75) is 24.6 Å². The largest absolute Gasteiger partial charge is 0.497 e. The highest BCUT2D eigenvalue weighted by molar-refractivity contribution is 5.68. The van der Waals surface area contributed by atoms with Crippen LogP contribution in [0.5, 0.6) is 11.5 Å². The van der Waals surface area contributed by atoms with Crippen LogP contribution in [0.3, 0.4) is 0 Å². The maximum atomic E-state index is 6.63. The van der Waals surface area contributed by atoms with Crippen LogP contribution in [0.4, 0.5) is 0 Å². The van der Waals surface area contributed by atoms with Gasteiger partial charge in [-0.15, -0.1) is 0 Å². The molecule has 5 nitrogen and oxygen atoms in total. The maximum absolute atomic E-state index is 6.63. The summed E-state index contributed by atoms with van der Waals surface area (Å²) in [7, 11) is 3.88. The summed E-state index contributed by atoms with van der Waals surface area (Å²) in [6.07, 6.45) is 4.26. The second-order valence-electron chi connectivity index (χ2n) is 7.63. The molecule has 2 aromatic rings. The molecule has 0 amide bonds.